The summed E-state index contributed by atoms with van der Waals surface area (Å²) in [6.45, 7) is 3.13. The molecule has 0 aliphatic heterocycles. The van der Waals surface area contributed by atoms with Crippen LogP contribution >= 0.6 is 11.6 Å². The van der Waals surface area contributed by atoms with Gasteiger partial charge >= 0.3 is 5.97 Å². The second-order valence-corrected chi connectivity index (χ2v) is 5.28. The topological polar surface area (TPSA) is 64.6 Å². The van der Waals surface area contributed by atoms with Crippen LogP contribution in [0.5, 0.6) is 11.5 Å². The summed E-state index contributed by atoms with van der Waals surface area (Å²) in [6.07, 6.45) is 0. The van der Waals surface area contributed by atoms with Crippen LogP contribution in [0.1, 0.15) is 22.8 Å². The van der Waals surface area contributed by atoms with Gasteiger partial charge < -0.3 is 14.8 Å². The number of hydrogen-bond acceptors (Lipinski definition) is 4. The van der Waals surface area contributed by atoms with Crippen LogP contribution in [-0.2, 0) is 4.79 Å². The molecule has 23 heavy (non-hydrogen) atoms. The molecule has 1 N–H and O–H groups in total. The van der Waals surface area contributed by atoms with Crippen LogP contribution in [0.2, 0.25) is 5.02 Å². The molecule has 0 aromatic heterocycles. The zero-order valence-electron chi connectivity index (χ0n) is 13.0. The number of methoxy groups -OCH3 is 1. The number of ether oxygens (including phenoxy) is 2. The highest BCUT2D eigenvalue weighted by Gasteiger charge is 2.13. The van der Waals surface area contributed by atoms with E-state index in [1.165, 1.54) is 20.1 Å². The van der Waals surface area contributed by atoms with Gasteiger partial charge in [0.25, 0.3) is 5.91 Å². The van der Waals surface area contributed by atoms with Crippen LogP contribution < -0.4 is 14.8 Å². The number of anilines is 1. The van der Waals surface area contributed by atoms with E-state index in [4.69, 9.17) is 21.1 Å². The molecule has 0 spiro atoms. The smallest absolute Gasteiger partial charge is 0.308 e. The Kier molecular flexibility index (Phi) is 5.24. The zero-order chi connectivity index (χ0) is 17.0. The van der Waals surface area contributed by atoms with E-state index in [-0.39, 0.29) is 5.91 Å². The Labute approximate surface area is 139 Å². The van der Waals surface area contributed by atoms with E-state index >= 15 is 0 Å². The fourth-order valence-electron chi connectivity index (χ4n) is 1.99. The van der Waals surface area contributed by atoms with Gasteiger partial charge in [-0.15, -0.1) is 0 Å². The standard InChI is InChI=1S/C17H16ClNO4/c1-10-7-15(16(22-3)9-14(10)18)19-17(21)12-5-4-6-13(8-12)23-11(2)20/h4-9H,1-3H3,(H,19,21). The van der Waals surface area contributed by atoms with E-state index in [2.05, 4.69) is 5.32 Å². The summed E-state index contributed by atoms with van der Waals surface area (Å²) < 4.78 is 10.2. The lowest BCUT2D eigenvalue weighted by Gasteiger charge is -2.12. The Morgan fingerprint density at radius 2 is 1.91 bits per heavy atom. The summed E-state index contributed by atoms with van der Waals surface area (Å²) in [4.78, 5) is 23.4. The molecule has 0 heterocycles. The van der Waals surface area contributed by atoms with Gasteiger partial charge in [0.1, 0.15) is 11.5 Å². The fourth-order valence-corrected chi connectivity index (χ4v) is 2.14. The van der Waals surface area contributed by atoms with Gasteiger partial charge in [-0.1, -0.05) is 17.7 Å². The van der Waals surface area contributed by atoms with Gasteiger partial charge in [-0.25, -0.2) is 0 Å². The quantitative estimate of drug-likeness (QED) is 0.682. The molecule has 0 unspecified atom stereocenters. The number of esters is 1. The molecule has 0 atom stereocenters. The molecular weight excluding hydrogens is 318 g/mol. The van der Waals surface area contributed by atoms with Crippen molar-refractivity contribution in [2.45, 2.75) is 13.8 Å². The van der Waals surface area contributed by atoms with E-state index in [1.54, 1.807) is 30.3 Å². The van der Waals surface area contributed by atoms with Crippen LogP contribution in [0.3, 0.4) is 0 Å². The lowest BCUT2D eigenvalue weighted by molar-refractivity contribution is -0.131. The lowest BCUT2D eigenvalue weighted by Crippen LogP contribution is -2.13. The molecule has 2 aromatic rings. The number of rotatable bonds is 4. The summed E-state index contributed by atoms with van der Waals surface area (Å²) in [5, 5.41) is 3.32. The maximum atomic E-state index is 12.4. The van der Waals surface area contributed by atoms with E-state index in [9.17, 15) is 9.59 Å². The molecule has 0 radical (unpaired) electrons. The molecule has 0 bridgehead atoms. The van der Waals surface area contributed by atoms with Crippen molar-refractivity contribution in [1.29, 1.82) is 0 Å². The lowest BCUT2D eigenvalue weighted by atomic mass is 10.1. The number of carbonyl (C=O) groups is 2. The number of nitrogens with one attached hydrogen (secondary N) is 1. The molecule has 2 aromatic carbocycles. The van der Waals surface area contributed by atoms with Crippen molar-refractivity contribution in [1.82, 2.24) is 0 Å². The Bertz CT molecular complexity index is 758. The third kappa shape index (κ3) is 4.23. The fraction of sp³-hybridized carbons (Fsp3) is 0.176. The van der Waals surface area contributed by atoms with Gasteiger partial charge in [-0.3, -0.25) is 9.59 Å². The van der Waals surface area contributed by atoms with Crippen LogP contribution in [0.25, 0.3) is 0 Å². The van der Waals surface area contributed by atoms with E-state index in [1.807, 2.05) is 6.92 Å². The molecule has 0 aliphatic rings. The van der Waals surface area contributed by atoms with Gasteiger partial charge in [0.15, 0.2) is 0 Å². The molecule has 0 saturated heterocycles. The Balaban J connectivity index is 2.25. The molecule has 5 nitrogen and oxygen atoms in total. The Hall–Kier alpha value is -2.53. The third-order valence-corrected chi connectivity index (χ3v) is 3.49. The molecule has 120 valence electrons. The minimum Gasteiger partial charge on any atom is -0.495 e. The highest BCUT2D eigenvalue weighted by molar-refractivity contribution is 6.31. The van der Waals surface area contributed by atoms with Crippen LogP contribution in [0, 0.1) is 6.92 Å². The first kappa shape index (κ1) is 16.8. The minimum atomic E-state index is -0.447. The van der Waals surface area contributed by atoms with Gasteiger partial charge in [0.2, 0.25) is 0 Å². The summed E-state index contributed by atoms with van der Waals surface area (Å²) in [5.41, 5.74) is 1.69. The summed E-state index contributed by atoms with van der Waals surface area (Å²) in [5.74, 6) is -0.0222. The number of halogens is 1. The summed E-state index contributed by atoms with van der Waals surface area (Å²) in [7, 11) is 1.50. The first-order chi connectivity index (χ1) is 10.9. The first-order valence-corrected chi connectivity index (χ1v) is 7.22. The summed E-state index contributed by atoms with van der Waals surface area (Å²) >= 11 is 6.05. The SMILES string of the molecule is COc1cc(Cl)c(C)cc1NC(=O)c1cccc(OC(C)=O)c1. The molecular formula is C17H16ClNO4. The van der Waals surface area contributed by atoms with Crippen LogP contribution in [0.4, 0.5) is 5.69 Å². The van der Waals surface area contributed by atoms with Gasteiger partial charge in [-0.05, 0) is 36.8 Å². The number of aryl methyl sites for hydroxylation is 1. The van der Waals surface area contributed by atoms with E-state index in [0.717, 1.165) is 5.56 Å². The summed E-state index contributed by atoms with van der Waals surface area (Å²) in [6, 6.07) is 9.73. The maximum absolute atomic E-state index is 12.4. The molecule has 0 saturated carbocycles. The molecule has 0 fully saturated rings. The van der Waals surface area contributed by atoms with E-state index in [0.29, 0.717) is 27.8 Å². The van der Waals surface area contributed by atoms with Crippen molar-refractivity contribution in [3.63, 3.8) is 0 Å². The second kappa shape index (κ2) is 7.15. The largest absolute Gasteiger partial charge is 0.495 e. The van der Waals surface area contributed by atoms with Gasteiger partial charge in [0, 0.05) is 23.6 Å². The number of hydrogen-bond donors (Lipinski definition) is 1. The van der Waals surface area contributed by atoms with Crippen molar-refractivity contribution in [2.75, 3.05) is 12.4 Å². The molecule has 0 aliphatic carbocycles. The molecule has 6 heteroatoms. The molecule has 2 rings (SSSR count). The number of benzene rings is 2. The van der Waals surface area contributed by atoms with E-state index < -0.39 is 5.97 Å². The average Bonchev–Trinajstić information content (AvgIpc) is 2.50. The highest BCUT2D eigenvalue weighted by atomic mass is 35.5. The van der Waals surface area contributed by atoms with Gasteiger partial charge in [0.05, 0.1) is 12.8 Å². The Morgan fingerprint density at radius 3 is 2.57 bits per heavy atom. The predicted octanol–water partition coefficient (Wildman–Crippen LogP) is 3.83. The zero-order valence-corrected chi connectivity index (χ0v) is 13.7. The third-order valence-electron chi connectivity index (χ3n) is 3.09. The van der Waals surface area contributed by atoms with Crippen molar-refractivity contribution >= 4 is 29.2 Å². The molecule has 1 amide bonds. The van der Waals surface area contributed by atoms with Crippen LogP contribution in [-0.4, -0.2) is 19.0 Å². The second-order valence-electron chi connectivity index (χ2n) is 4.88. The average molecular weight is 334 g/mol. The van der Waals surface area contributed by atoms with Crippen LogP contribution in [0.15, 0.2) is 36.4 Å². The Morgan fingerprint density at radius 1 is 1.17 bits per heavy atom. The van der Waals surface area contributed by atoms with Crippen molar-refractivity contribution in [3.8, 4) is 11.5 Å². The number of amides is 1. The monoisotopic (exact) mass is 333 g/mol. The van der Waals surface area contributed by atoms with Gasteiger partial charge in [-0.2, -0.15) is 0 Å². The van der Waals surface area contributed by atoms with Crippen molar-refractivity contribution < 1.29 is 19.1 Å². The number of carbonyl (C=O) groups excluding carboxylic acids is 2. The van der Waals surface area contributed by atoms with Crippen molar-refractivity contribution in [2.24, 2.45) is 0 Å². The minimum absolute atomic E-state index is 0.310. The predicted molar refractivity (Wildman–Crippen MR) is 88.4 cm³/mol. The first-order valence-electron chi connectivity index (χ1n) is 6.84. The highest BCUT2D eigenvalue weighted by Crippen LogP contribution is 2.31. The normalized spacial score (nSPS) is 10.1. The maximum Gasteiger partial charge on any atom is 0.308 e. The van der Waals surface area contributed by atoms with Crippen molar-refractivity contribution in [3.05, 3.63) is 52.5 Å².